The second kappa shape index (κ2) is 5.51. The van der Waals surface area contributed by atoms with Crippen LogP contribution in [0.2, 0.25) is 0 Å². The van der Waals surface area contributed by atoms with Crippen molar-refractivity contribution in [3.05, 3.63) is 53.2 Å². The second-order valence-electron chi connectivity index (χ2n) is 4.22. The van der Waals surface area contributed by atoms with E-state index in [0.717, 1.165) is 17.0 Å². The van der Waals surface area contributed by atoms with Crippen LogP contribution in [0.1, 0.15) is 16.8 Å². The molecule has 0 saturated carbocycles. The van der Waals surface area contributed by atoms with Gasteiger partial charge in [-0.2, -0.15) is 0 Å². The molecule has 0 aliphatic rings. The van der Waals surface area contributed by atoms with Gasteiger partial charge in [0.2, 0.25) is 0 Å². The van der Waals surface area contributed by atoms with E-state index < -0.39 is 0 Å². The lowest BCUT2D eigenvalue weighted by Gasteiger charge is -2.10. The van der Waals surface area contributed by atoms with E-state index in [4.69, 9.17) is 10.6 Å². The Balaban J connectivity index is 2.08. The summed E-state index contributed by atoms with van der Waals surface area (Å²) in [6.45, 7) is 4.50. The summed E-state index contributed by atoms with van der Waals surface area (Å²) in [7, 11) is 0. The molecule has 94 valence electrons. The van der Waals surface area contributed by atoms with Crippen molar-refractivity contribution in [2.24, 2.45) is 5.84 Å². The van der Waals surface area contributed by atoms with Crippen LogP contribution in [-0.4, -0.2) is 4.98 Å². The number of hydrogen-bond donors (Lipinski definition) is 2. The summed E-state index contributed by atoms with van der Waals surface area (Å²) >= 11 is 0. The maximum absolute atomic E-state index is 5.77. The van der Waals surface area contributed by atoms with Crippen LogP contribution in [0.25, 0.3) is 0 Å². The molecule has 1 aromatic heterocycles. The van der Waals surface area contributed by atoms with Crippen LogP contribution in [0.5, 0.6) is 5.75 Å². The highest BCUT2D eigenvalue weighted by atomic mass is 16.5. The average molecular weight is 243 g/mol. The molecule has 1 aromatic carbocycles. The molecule has 0 aliphatic heterocycles. The fraction of sp³-hybridized carbons (Fsp3) is 0.214. The van der Waals surface area contributed by atoms with Gasteiger partial charge in [0.15, 0.2) is 0 Å². The highest BCUT2D eigenvalue weighted by Crippen LogP contribution is 2.20. The van der Waals surface area contributed by atoms with Gasteiger partial charge in [0.1, 0.15) is 18.2 Å². The standard InChI is InChI=1S/C14H17N3O/c1-10-6-7-11(2)13(8-10)18-9-12-4-3-5-14(16-12)17-15/h3-8H,9,15H2,1-2H3,(H,16,17). The van der Waals surface area contributed by atoms with Gasteiger partial charge in [0, 0.05) is 0 Å². The van der Waals surface area contributed by atoms with Crippen LogP contribution in [0, 0.1) is 13.8 Å². The normalized spacial score (nSPS) is 10.2. The molecule has 0 aliphatic carbocycles. The number of rotatable bonds is 4. The zero-order valence-electron chi connectivity index (χ0n) is 10.6. The molecular formula is C14H17N3O. The summed E-state index contributed by atoms with van der Waals surface area (Å²) in [6.07, 6.45) is 0. The van der Waals surface area contributed by atoms with Crippen LogP contribution < -0.4 is 16.0 Å². The lowest BCUT2D eigenvalue weighted by molar-refractivity contribution is 0.299. The van der Waals surface area contributed by atoms with Crippen LogP contribution in [-0.2, 0) is 6.61 Å². The molecule has 0 amide bonds. The van der Waals surface area contributed by atoms with Crippen molar-refractivity contribution in [1.82, 2.24) is 4.98 Å². The fourth-order valence-electron chi connectivity index (χ4n) is 1.65. The van der Waals surface area contributed by atoms with Crippen molar-refractivity contribution in [3.8, 4) is 5.75 Å². The third-order valence-electron chi connectivity index (χ3n) is 2.67. The number of pyridine rings is 1. The maximum Gasteiger partial charge on any atom is 0.140 e. The molecule has 0 spiro atoms. The summed E-state index contributed by atoms with van der Waals surface area (Å²) in [5, 5.41) is 0. The fourth-order valence-corrected chi connectivity index (χ4v) is 1.65. The van der Waals surface area contributed by atoms with E-state index in [1.165, 1.54) is 5.56 Å². The van der Waals surface area contributed by atoms with Gasteiger partial charge in [-0.15, -0.1) is 0 Å². The van der Waals surface area contributed by atoms with Gasteiger partial charge in [-0.05, 0) is 43.2 Å². The summed E-state index contributed by atoms with van der Waals surface area (Å²) < 4.78 is 5.77. The minimum absolute atomic E-state index is 0.430. The Morgan fingerprint density at radius 3 is 2.83 bits per heavy atom. The maximum atomic E-state index is 5.77. The number of nitrogens with one attached hydrogen (secondary N) is 1. The van der Waals surface area contributed by atoms with Crippen LogP contribution in [0.4, 0.5) is 5.82 Å². The Bertz CT molecular complexity index is 540. The number of benzene rings is 1. The lowest BCUT2D eigenvalue weighted by Crippen LogP contribution is -2.10. The molecule has 18 heavy (non-hydrogen) atoms. The minimum Gasteiger partial charge on any atom is -0.487 e. The average Bonchev–Trinajstić information content (AvgIpc) is 2.40. The molecule has 3 N–H and O–H groups in total. The van der Waals surface area contributed by atoms with Gasteiger partial charge in [-0.1, -0.05) is 18.2 Å². The number of nitrogen functional groups attached to an aromatic ring is 1. The van der Waals surface area contributed by atoms with E-state index in [1.807, 2.05) is 32.0 Å². The lowest BCUT2D eigenvalue weighted by atomic mass is 10.1. The molecule has 0 bridgehead atoms. The van der Waals surface area contributed by atoms with Crippen molar-refractivity contribution in [1.29, 1.82) is 0 Å². The molecular weight excluding hydrogens is 226 g/mol. The Morgan fingerprint density at radius 2 is 2.06 bits per heavy atom. The number of nitrogens with zero attached hydrogens (tertiary/aromatic N) is 1. The third-order valence-corrected chi connectivity index (χ3v) is 2.67. The number of ether oxygens (including phenoxy) is 1. The molecule has 0 fully saturated rings. The van der Waals surface area contributed by atoms with Gasteiger partial charge in [-0.3, -0.25) is 0 Å². The van der Waals surface area contributed by atoms with E-state index in [-0.39, 0.29) is 0 Å². The number of hydrazine groups is 1. The SMILES string of the molecule is Cc1ccc(C)c(OCc2cccc(NN)n2)c1. The van der Waals surface area contributed by atoms with Crippen molar-refractivity contribution in [2.75, 3.05) is 5.43 Å². The molecule has 4 heteroatoms. The van der Waals surface area contributed by atoms with Gasteiger partial charge < -0.3 is 10.2 Å². The molecule has 0 unspecified atom stereocenters. The number of hydrogen-bond acceptors (Lipinski definition) is 4. The van der Waals surface area contributed by atoms with E-state index in [1.54, 1.807) is 6.07 Å². The van der Waals surface area contributed by atoms with Crippen molar-refractivity contribution in [3.63, 3.8) is 0 Å². The number of aromatic nitrogens is 1. The quantitative estimate of drug-likeness (QED) is 0.640. The molecule has 2 aromatic rings. The van der Waals surface area contributed by atoms with E-state index in [9.17, 15) is 0 Å². The van der Waals surface area contributed by atoms with E-state index in [0.29, 0.717) is 12.4 Å². The summed E-state index contributed by atoms with van der Waals surface area (Å²) in [6, 6.07) is 11.8. The molecule has 2 rings (SSSR count). The first-order valence-corrected chi connectivity index (χ1v) is 5.81. The van der Waals surface area contributed by atoms with Crippen LogP contribution in [0.15, 0.2) is 36.4 Å². The van der Waals surface area contributed by atoms with Crippen molar-refractivity contribution >= 4 is 5.82 Å². The smallest absolute Gasteiger partial charge is 0.140 e. The first-order chi connectivity index (χ1) is 8.69. The van der Waals surface area contributed by atoms with Gasteiger partial charge in [-0.25, -0.2) is 10.8 Å². The highest BCUT2D eigenvalue weighted by Gasteiger charge is 2.02. The minimum atomic E-state index is 0.430. The molecule has 0 radical (unpaired) electrons. The highest BCUT2D eigenvalue weighted by molar-refractivity contribution is 5.36. The number of anilines is 1. The Morgan fingerprint density at radius 1 is 1.22 bits per heavy atom. The van der Waals surface area contributed by atoms with Gasteiger partial charge in [0.05, 0.1) is 5.69 Å². The summed E-state index contributed by atoms with van der Waals surface area (Å²) in [4.78, 5) is 4.30. The Kier molecular flexibility index (Phi) is 3.79. The Labute approximate surface area is 107 Å². The monoisotopic (exact) mass is 243 g/mol. The second-order valence-corrected chi connectivity index (χ2v) is 4.22. The predicted octanol–water partition coefficient (Wildman–Crippen LogP) is 2.56. The first-order valence-electron chi connectivity index (χ1n) is 5.81. The van der Waals surface area contributed by atoms with E-state index in [2.05, 4.69) is 22.5 Å². The Hall–Kier alpha value is -2.07. The molecule has 0 atom stereocenters. The number of aryl methyl sites for hydroxylation is 2. The molecule has 1 heterocycles. The van der Waals surface area contributed by atoms with Crippen molar-refractivity contribution < 1.29 is 4.74 Å². The zero-order chi connectivity index (χ0) is 13.0. The topological polar surface area (TPSA) is 60.2 Å². The first kappa shape index (κ1) is 12.4. The predicted molar refractivity (Wildman–Crippen MR) is 72.3 cm³/mol. The zero-order valence-corrected chi connectivity index (χ0v) is 10.6. The third kappa shape index (κ3) is 2.99. The van der Waals surface area contributed by atoms with Crippen LogP contribution in [0.3, 0.4) is 0 Å². The van der Waals surface area contributed by atoms with E-state index >= 15 is 0 Å². The van der Waals surface area contributed by atoms with Gasteiger partial charge >= 0.3 is 0 Å². The summed E-state index contributed by atoms with van der Waals surface area (Å²) in [5.41, 5.74) is 5.66. The largest absolute Gasteiger partial charge is 0.487 e. The summed E-state index contributed by atoms with van der Waals surface area (Å²) in [5.74, 6) is 6.84. The van der Waals surface area contributed by atoms with Crippen molar-refractivity contribution in [2.45, 2.75) is 20.5 Å². The molecule has 4 nitrogen and oxygen atoms in total. The van der Waals surface area contributed by atoms with Gasteiger partial charge in [0.25, 0.3) is 0 Å². The number of nitrogens with two attached hydrogens (primary N) is 1. The van der Waals surface area contributed by atoms with Crippen LogP contribution >= 0.6 is 0 Å². The molecule has 0 saturated heterocycles.